The summed E-state index contributed by atoms with van der Waals surface area (Å²) in [6.07, 6.45) is 0. The minimum absolute atomic E-state index is 0.0989. The van der Waals surface area contributed by atoms with Gasteiger partial charge in [0, 0.05) is 38.3 Å². The zero-order valence-corrected chi connectivity index (χ0v) is 19.0. The molecule has 2 heterocycles. The van der Waals surface area contributed by atoms with Gasteiger partial charge in [0.1, 0.15) is 0 Å². The topological polar surface area (TPSA) is 119 Å². The Morgan fingerprint density at radius 2 is 1.67 bits per heavy atom. The highest BCUT2D eigenvalue weighted by Crippen LogP contribution is 2.24. The number of sulfonamides is 1. The first-order chi connectivity index (χ1) is 15.7. The number of piperazine rings is 1. The summed E-state index contributed by atoms with van der Waals surface area (Å²) in [5, 5.41) is 15.5. The van der Waals surface area contributed by atoms with Gasteiger partial charge >= 0.3 is 0 Å². The van der Waals surface area contributed by atoms with Gasteiger partial charge in [-0.3, -0.25) is 14.9 Å². The van der Waals surface area contributed by atoms with Crippen molar-refractivity contribution in [3.8, 4) is 5.69 Å². The molecular weight excluding hydrogens is 446 g/mol. The quantitative estimate of drug-likeness (QED) is 0.419. The van der Waals surface area contributed by atoms with Crippen molar-refractivity contribution in [3.05, 3.63) is 81.7 Å². The normalized spacial score (nSPS) is 14.9. The summed E-state index contributed by atoms with van der Waals surface area (Å²) in [7, 11) is -3.91. The maximum atomic E-state index is 13.3. The van der Waals surface area contributed by atoms with Gasteiger partial charge < -0.3 is 4.90 Å². The first kappa shape index (κ1) is 22.6. The molecule has 0 bridgehead atoms. The number of para-hydroxylation sites is 1. The maximum absolute atomic E-state index is 13.3. The van der Waals surface area contributed by atoms with Crippen LogP contribution >= 0.6 is 0 Å². The number of carbonyl (C=O) groups excluding carboxylic acids is 1. The van der Waals surface area contributed by atoms with Crippen LogP contribution in [-0.2, 0) is 10.0 Å². The van der Waals surface area contributed by atoms with Crippen molar-refractivity contribution in [2.45, 2.75) is 18.7 Å². The average Bonchev–Trinajstić information content (AvgIpc) is 3.13. The number of nitro groups is 1. The van der Waals surface area contributed by atoms with E-state index in [1.54, 1.807) is 16.5 Å². The Hall–Kier alpha value is -3.57. The van der Waals surface area contributed by atoms with E-state index in [-0.39, 0.29) is 42.7 Å². The van der Waals surface area contributed by atoms with E-state index >= 15 is 0 Å². The molecule has 0 saturated carbocycles. The molecule has 11 heteroatoms. The van der Waals surface area contributed by atoms with E-state index in [1.807, 2.05) is 37.3 Å². The SMILES string of the molecule is Cc1nn(-c2ccccc2)c(C)c1C(=O)N1CCN(S(=O)(=O)c2cccc([N+](=O)[O-])c2)CC1. The van der Waals surface area contributed by atoms with Crippen molar-refractivity contribution in [2.24, 2.45) is 0 Å². The standard InChI is InChI=1S/C22H23N5O5S/c1-16-21(17(2)26(23-16)18-7-4-3-5-8-18)22(28)24-11-13-25(14-12-24)33(31,32)20-10-6-9-19(15-20)27(29)30/h3-10,15H,11-14H2,1-2H3. The van der Waals surface area contributed by atoms with E-state index in [9.17, 15) is 23.3 Å². The number of hydrogen-bond acceptors (Lipinski definition) is 6. The Bertz CT molecular complexity index is 1310. The molecule has 1 aliphatic heterocycles. The van der Waals surface area contributed by atoms with E-state index in [4.69, 9.17) is 0 Å². The number of benzene rings is 2. The lowest BCUT2D eigenvalue weighted by Gasteiger charge is -2.34. The van der Waals surface area contributed by atoms with Gasteiger partial charge in [0.2, 0.25) is 10.0 Å². The second kappa shape index (κ2) is 8.75. The molecule has 0 N–H and O–H groups in total. The Morgan fingerprint density at radius 1 is 1.00 bits per heavy atom. The molecule has 0 atom stereocenters. The Kier molecular flexibility index (Phi) is 6.00. The van der Waals surface area contributed by atoms with Crippen LogP contribution in [0.1, 0.15) is 21.7 Å². The molecule has 0 unspecified atom stereocenters. The highest BCUT2D eigenvalue weighted by molar-refractivity contribution is 7.89. The van der Waals surface area contributed by atoms with E-state index in [0.717, 1.165) is 17.4 Å². The van der Waals surface area contributed by atoms with Crippen molar-refractivity contribution in [3.63, 3.8) is 0 Å². The second-order valence-electron chi connectivity index (χ2n) is 7.74. The first-order valence-corrected chi connectivity index (χ1v) is 11.8. The zero-order chi connectivity index (χ0) is 23.8. The number of non-ortho nitro benzene ring substituents is 1. The number of rotatable bonds is 5. The van der Waals surface area contributed by atoms with Crippen molar-refractivity contribution in [1.82, 2.24) is 19.0 Å². The highest BCUT2D eigenvalue weighted by Gasteiger charge is 2.33. The van der Waals surface area contributed by atoms with Crippen molar-refractivity contribution in [1.29, 1.82) is 0 Å². The van der Waals surface area contributed by atoms with Gasteiger partial charge in [0.15, 0.2) is 0 Å². The minimum Gasteiger partial charge on any atom is -0.336 e. The van der Waals surface area contributed by atoms with Gasteiger partial charge in [-0.1, -0.05) is 24.3 Å². The lowest BCUT2D eigenvalue weighted by atomic mass is 10.1. The summed E-state index contributed by atoms with van der Waals surface area (Å²) in [5.74, 6) is -0.195. The lowest BCUT2D eigenvalue weighted by Crippen LogP contribution is -2.50. The molecule has 0 aliphatic carbocycles. The molecule has 0 spiro atoms. The number of nitro benzene ring substituents is 1. The second-order valence-corrected chi connectivity index (χ2v) is 9.68. The molecule has 1 aromatic heterocycles. The Balaban J connectivity index is 1.51. The van der Waals surface area contributed by atoms with Gasteiger partial charge in [-0.05, 0) is 32.0 Å². The highest BCUT2D eigenvalue weighted by atomic mass is 32.2. The number of nitrogens with zero attached hydrogens (tertiary/aromatic N) is 5. The number of aromatic nitrogens is 2. The molecule has 0 radical (unpaired) electrons. The smallest absolute Gasteiger partial charge is 0.270 e. The molecular formula is C22H23N5O5S. The third kappa shape index (κ3) is 4.24. The van der Waals surface area contributed by atoms with Crippen LogP contribution in [0, 0.1) is 24.0 Å². The van der Waals surface area contributed by atoms with Crippen LogP contribution in [0.4, 0.5) is 5.69 Å². The number of aryl methyl sites for hydroxylation is 1. The third-order valence-corrected chi connectivity index (χ3v) is 7.59. The lowest BCUT2D eigenvalue weighted by molar-refractivity contribution is -0.385. The fraction of sp³-hybridized carbons (Fsp3) is 0.273. The molecule has 10 nitrogen and oxygen atoms in total. The molecule has 172 valence electrons. The predicted octanol–water partition coefficient (Wildman–Crippen LogP) is 2.54. The maximum Gasteiger partial charge on any atom is 0.270 e. The summed E-state index contributed by atoms with van der Waals surface area (Å²) in [6.45, 7) is 4.24. The summed E-state index contributed by atoms with van der Waals surface area (Å²) in [5.41, 5.74) is 2.40. The molecule has 1 saturated heterocycles. The zero-order valence-electron chi connectivity index (χ0n) is 18.2. The van der Waals surface area contributed by atoms with E-state index in [1.165, 1.54) is 22.5 Å². The monoisotopic (exact) mass is 469 g/mol. The van der Waals surface area contributed by atoms with Crippen LogP contribution in [0.15, 0.2) is 59.5 Å². The van der Waals surface area contributed by atoms with Gasteiger partial charge in [-0.15, -0.1) is 0 Å². The molecule has 33 heavy (non-hydrogen) atoms. The molecule has 3 aromatic rings. The fourth-order valence-electron chi connectivity index (χ4n) is 3.97. The van der Waals surface area contributed by atoms with Crippen molar-refractivity contribution < 1.29 is 18.1 Å². The minimum atomic E-state index is -3.91. The van der Waals surface area contributed by atoms with Crippen molar-refractivity contribution in [2.75, 3.05) is 26.2 Å². The third-order valence-electron chi connectivity index (χ3n) is 5.70. The molecule has 1 fully saturated rings. The average molecular weight is 470 g/mol. The van der Waals surface area contributed by atoms with Gasteiger partial charge in [-0.2, -0.15) is 9.40 Å². The molecule has 1 amide bonds. The van der Waals surface area contributed by atoms with Crippen LogP contribution < -0.4 is 0 Å². The van der Waals surface area contributed by atoms with Crippen LogP contribution in [0.25, 0.3) is 5.69 Å². The van der Waals surface area contributed by atoms with Crippen LogP contribution in [-0.4, -0.2) is 64.4 Å². The molecule has 4 rings (SSSR count). The Morgan fingerprint density at radius 3 is 2.30 bits per heavy atom. The fourth-order valence-corrected chi connectivity index (χ4v) is 5.43. The van der Waals surface area contributed by atoms with E-state index < -0.39 is 14.9 Å². The van der Waals surface area contributed by atoms with E-state index in [2.05, 4.69) is 5.10 Å². The summed E-state index contributed by atoms with van der Waals surface area (Å²) < 4.78 is 28.9. The van der Waals surface area contributed by atoms with E-state index in [0.29, 0.717) is 11.3 Å². The number of carbonyl (C=O) groups is 1. The summed E-state index contributed by atoms with van der Waals surface area (Å²) in [6, 6.07) is 14.5. The number of hydrogen-bond donors (Lipinski definition) is 0. The Labute approximate surface area is 191 Å². The molecule has 1 aliphatic rings. The van der Waals surface area contributed by atoms with Gasteiger partial charge in [-0.25, -0.2) is 13.1 Å². The number of amides is 1. The van der Waals surface area contributed by atoms with Crippen LogP contribution in [0.3, 0.4) is 0 Å². The summed E-state index contributed by atoms with van der Waals surface area (Å²) >= 11 is 0. The predicted molar refractivity (Wildman–Crippen MR) is 121 cm³/mol. The van der Waals surface area contributed by atoms with Gasteiger partial charge in [0.25, 0.3) is 11.6 Å². The van der Waals surface area contributed by atoms with Crippen LogP contribution in [0.2, 0.25) is 0 Å². The van der Waals surface area contributed by atoms with Gasteiger partial charge in [0.05, 0.1) is 32.5 Å². The summed E-state index contributed by atoms with van der Waals surface area (Å²) in [4.78, 5) is 25.1. The van der Waals surface area contributed by atoms with Crippen LogP contribution in [0.5, 0.6) is 0 Å². The first-order valence-electron chi connectivity index (χ1n) is 10.4. The van der Waals surface area contributed by atoms with Crippen molar-refractivity contribution >= 4 is 21.6 Å². The molecule has 2 aromatic carbocycles. The largest absolute Gasteiger partial charge is 0.336 e.